The Morgan fingerprint density at radius 3 is 2.58 bits per heavy atom. The summed E-state index contributed by atoms with van der Waals surface area (Å²) in [6, 6.07) is 7.75. The molecule has 0 saturated carbocycles. The van der Waals surface area contributed by atoms with Crippen molar-refractivity contribution in [1.82, 2.24) is 4.98 Å². The molecule has 19 heavy (non-hydrogen) atoms. The number of hydrogen-bond acceptors (Lipinski definition) is 2. The molecule has 0 aliphatic carbocycles. The molecule has 1 aromatic heterocycles. The van der Waals surface area contributed by atoms with E-state index >= 15 is 0 Å². The Morgan fingerprint density at radius 1 is 1.21 bits per heavy atom. The number of hydrogen-bond donors (Lipinski definition) is 1. The minimum Gasteiger partial charge on any atom is -0.481 e. The number of nitrogens with zero attached hydrogens (tertiary/aromatic N) is 1. The van der Waals surface area contributed by atoms with Crippen LogP contribution in [0.4, 0.5) is 4.39 Å². The predicted octanol–water partition coefficient (Wildman–Crippen LogP) is 3.82. The van der Waals surface area contributed by atoms with Crippen LogP contribution in [0.25, 0.3) is 11.1 Å². The zero-order valence-electron chi connectivity index (χ0n) is 9.53. The Bertz CT molecular complexity index is 647. The highest BCUT2D eigenvalue weighted by Gasteiger charge is 2.13. The van der Waals surface area contributed by atoms with Crippen LogP contribution in [0.3, 0.4) is 0 Å². The van der Waals surface area contributed by atoms with Crippen LogP contribution >= 0.6 is 23.2 Å². The summed E-state index contributed by atoms with van der Waals surface area (Å²) in [5.74, 6) is -1.84. The summed E-state index contributed by atoms with van der Waals surface area (Å²) in [5, 5.41) is 9.17. The fourth-order valence-electron chi connectivity index (χ4n) is 1.64. The molecule has 0 atom stereocenters. The van der Waals surface area contributed by atoms with Crippen molar-refractivity contribution in [2.24, 2.45) is 0 Å². The topological polar surface area (TPSA) is 50.2 Å². The Kier molecular flexibility index (Phi) is 4.02. The van der Waals surface area contributed by atoms with Gasteiger partial charge >= 0.3 is 5.97 Å². The summed E-state index contributed by atoms with van der Waals surface area (Å²) in [4.78, 5) is 14.1. The summed E-state index contributed by atoms with van der Waals surface area (Å²) in [6.07, 6.45) is -0.333. The lowest BCUT2D eigenvalue weighted by molar-refractivity contribution is -0.136. The summed E-state index contributed by atoms with van der Waals surface area (Å²) >= 11 is 11.9. The molecular formula is C13H8Cl2FNO2. The van der Waals surface area contributed by atoms with E-state index in [-0.39, 0.29) is 22.7 Å². The minimum atomic E-state index is -1.07. The SMILES string of the molecule is O=C(O)Cc1ccc(-c2cccc(Cl)c2Cl)c(F)n1. The molecule has 0 aliphatic heterocycles. The van der Waals surface area contributed by atoms with Crippen LogP contribution in [0.15, 0.2) is 30.3 Å². The third-order valence-electron chi connectivity index (χ3n) is 2.48. The van der Waals surface area contributed by atoms with Gasteiger partial charge in [-0.15, -0.1) is 0 Å². The van der Waals surface area contributed by atoms with Gasteiger partial charge < -0.3 is 5.11 Å². The highest BCUT2D eigenvalue weighted by atomic mass is 35.5. The maximum absolute atomic E-state index is 13.9. The van der Waals surface area contributed by atoms with Gasteiger partial charge in [0.05, 0.1) is 22.2 Å². The molecule has 3 nitrogen and oxygen atoms in total. The van der Waals surface area contributed by atoms with E-state index in [4.69, 9.17) is 28.3 Å². The van der Waals surface area contributed by atoms with Crippen LogP contribution in [0.2, 0.25) is 10.0 Å². The minimum absolute atomic E-state index is 0.145. The normalized spacial score (nSPS) is 10.5. The van der Waals surface area contributed by atoms with E-state index in [0.717, 1.165) is 0 Å². The van der Waals surface area contributed by atoms with E-state index < -0.39 is 11.9 Å². The first-order chi connectivity index (χ1) is 8.99. The fraction of sp³-hybridized carbons (Fsp3) is 0.0769. The Balaban J connectivity index is 2.46. The Morgan fingerprint density at radius 2 is 1.95 bits per heavy atom. The van der Waals surface area contributed by atoms with E-state index in [2.05, 4.69) is 4.98 Å². The van der Waals surface area contributed by atoms with Crippen molar-refractivity contribution in [3.63, 3.8) is 0 Å². The lowest BCUT2D eigenvalue weighted by atomic mass is 10.1. The van der Waals surface area contributed by atoms with E-state index in [1.165, 1.54) is 12.1 Å². The average molecular weight is 300 g/mol. The molecule has 1 aromatic carbocycles. The van der Waals surface area contributed by atoms with Crippen LogP contribution in [0.1, 0.15) is 5.69 Å². The van der Waals surface area contributed by atoms with Crippen molar-refractivity contribution in [3.05, 3.63) is 52.0 Å². The molecular weight excluding hydrogens is 292 g/mol. The van der Waals surface area contributed by atoms with Crippen molar-refractivity contribution >= 4 is 29.2 Å². The van der Waals surface area contributed by atoms with Crippen molar-refractivity contribution in [2.75, 3.05) is 0 Å². The van der Waals surface area contributed by atoms with Gasteiger partial charge in [0.25, 0.3) is 0 Å². The highest BCUT2D eigenvalue weighted by molar-refractivity contribution is 6.43. The molecule has 0 bridgehead atoms. The summed E-state index contributed by atoms with van der Waals surface area (Å²) in [6.45, 7) is 0. The van der Waals surface area contributed by atoms with Gasteiger partial charge in [0.15, 0.2) is 0 Å². The zero-order valence-corrected chi connectivity index (χ0v) is 11.0. The second-order valence-corrected chi connectivity index (χ2v) is 4.60. The summed E-state index contributed by atoms with van der Waals surface area (Å²) in [7, 11) is 0. The van der Waals surface area contributed by atoms with Gasteiger partial charge in [-0.3, -0.25) is 4.79 Å². The number of carbonyl (C=O) groups is 1. The first-order valence-corrected chi connectivity index (χ1v) is 6.06. The molecule has 2 rings (SSSR count). The maximum Gasteiger partial charge on any atom is 0.309 e. The average Bonchev–Trinajstić information content (AvgIpc) is 2.33. The molecule has 0 fully saturated rings. The van der Waals surface area contributed by atoms with Gasteiger partial charge in [-0.1, -0.05) is 35.3 Å². The van der Waals surface area contributed by atoms with Crippen LogP contribution in [-0.4, -0.2) is 16.1 Å². The Labute approximate surface area is 118 Å². The van der Waals surface area contributed by atoms with Gasteiger partial charge in [-0.25, -0.2) is 4.98 Å². The van der Waals surface area contributed by atoms with E-state index in [1.54, 1.807) is 18.2 Å². The van der Waals surface area contributed by atoms with Crippen LogP contribution in [0.5, 0.6) is 0 Å². The monoisotopic (exact) mass is 299 g/mol. The second-order valence-electron chi connectivity index (χ2n) is 3.81. The third kappa shape index (κ3) is 3.03. The van der Waals surface area contributed by atoms with Gasteiger partial charge in [0.2, 0.25) is 5.95 Å². The lowest BCUT2D eigenvalue weighted by Crippen LogP contribution is -2.04. The van der Waals surface area contributed by atoms with E-state index in [1.807, 2.05) is 0 Å². The number of benzene rings is 1. The molecule has 2 aromatic rings. The first kappa shape index (κ1) is 13.8. The molecule has 0 radical (unpaired) electrons. The third-order valence-corrected chi connectivity index (χ3v) is 3.30. The molecule has 1 heterocycles. The zero-order chi connectivity index (χ0) is 14.0. The van der Waals surface area contributed by atoms with Crippen molar-refractivity contribution in [1.29, 1.82) is 0 Å². The molecule has 0 spiro atoms. The van der Waals surface area contributed by atoms with Gasteiger partial charge in [-0.2, -0.15) is 4.39 Å². The second kappa shape index (κ2) is 5.55. The standard InChI is InChI=1S/C13H8Cl2FNO2/c14-10-3-1-2-8(12(10)15)9-5-4-7(6-11(18)19)17-13(9)16/h1-5H,6H2,(H,18,19). The molecule has 0 saturated heterocycles. The van der Waals surface area contributed by atoms with Gasteiger partial charge in [0.1, 0.15) is 0 Å². The van der Waals surface area contributed by atoms with Gasteiger partial charge in [-0.05, 0) is 18.2 Å². The maximum atomic E-state index is 13.9. The smallest absolute Gasteiger partial charge is 0.309 e. The molecule has 98 valence electrons. The summed E-state index contributed by atoms with van der Waals surface area (Å²) in [5.41, 5.74) is 0.745. The quantitative estimate of drug-likeness (QED) is 0.877. The Hall–Kier alpha value is -1.65. The number of pyridine rings is 1. The fourth-order valence-corrected chi connectivity index (χ4v) is 2.04. The predicted molar refractivity (Wildman–Crippen MR) is 71.0 cm³/mol. The largest absolute Gasteiger partial charge is 0.481 e. The molecule has 1 N–H and O–H groups in total. The van der Waals surface area contributed by atoms with Gasteiger partial charge in [0, 0.05) is 11.1 Å². The number of carboxylic acids is 1. The molecule has 6 heteroatoms. The lowest BCUT2D eigenvalue weighted by Gasteiger charge is -2.07. The van der Waals surface area contributed by atoms with Crippen LogP contribution in [-0.2, 0) is 11.2 Å². The van der Waals surface area contributed by atoms with Crippen molar-refractivity contribution in [2.45, 2.75) is 6.42 Å². The number of aromatic nitrogens is 1. The van der Waals surface area contributed by atoms with Crippen LogP contribution in [0, 0.1) is 5.95 Å². The summed E-state index contributed by atoms with van der Waals surface area (Å²) < 4.78 is 13.9. The van der Waals surface area contributed by atoms with E-state index in [9.17, 15) is 9.18 Å². The number of carboxylic acid groups (broad SMARTS) is 1. The van der Waals surface area contributed by atoms with Crippen molar-refractivity contribution < 1.29 is 14.3 Å². The van der Waals surface area contributed by atoms with Crippen LogP contribution < -0.4 is 0 Å². The number of halogens is 3. The molecule has 0 aliphatic rings. The number of aliphatic carboxylic acids is 1. The highest BCUT2D eigenvalue weighted by Crippen LogP contribution is 2.34. The molecule has 0 unspecified atom stereocenters. The number of rotatable bonds is 3. The van der Waals surface area contributed by atoms with Crippen molar-refractivity contribution in [3.8, 4) is 11.1 Å². The van der Waals surface area contributed by atoms with E-state index in [0.29, 0.717) is 10.6 Å². The molecule has 0 amide bonds. The first-order valence-electron chi connectivity index (χ1n) is 5.30.